The van der Waals surface area contributed by atoms with Crippen molar-refractivity contribution < 1.29 is 14.3 Å². The number of piperazine rings is 1. The summed E-state index contributed by atoms with van der Waals surface area (Å²) in [5.74, 6) is 1.10. The molecule has 1 fully saturated rings. The summed E-state index contributed by atoms with van der Waals surface area (Å²) in [6.45, 7) is 10.5. The Morgan fingerprint density at radius 3 is 2.65 bits per heavy atom. The van der Waals surface area contributed by atoms with E-state index in [1.165, 1.54) is 6.33 Å². The molecular weight excluding hydrogens is 434 g/mol. The second-order valence-corrected chi connectivity index (χ2v) is 9.47. The first-order valence-corrected chi connectivity index (χ1v) is 11.1. The van der Waals surface area contributed by atoms with Crippen molar-refractivity contribution in [1.82, 2.24) is 24.4 Å². The minimum absolute atomic E-state index is 0.0790. The number of ether oxygens (including phenoxy) is 1. The summed E-state index contributed by atoms with van der Waals surface area (Å²) < 4.78 is 7.27. The first-order chi connectivity index (χ1) is 16.1. The van der Waals surface area contributed by atoms with E-state index in [-0.39, 0.29) is 18.2 Å². The molecule has 1 aliphatic rings. The van der Waals surface area contributed by atoms with Crippen LogP contribution in [0.4, 0.5) is 10.6 Å². The van der Waals surface area contributed by atoms with Crippen LogP contribution in [0.1, 0.15) is 50.5 Å². The average molecular weight is 462 g/mol. The van der Waals surface area contributed by atoms with E-state index in [0.29, 0.717) is 46.9 Å². The Morgan fingerprint density at radius 2 is 1.97 bits per heavy atom. The number of hydrogen-bond acceptors (Lipinski definition) is 8. The highest BCUT2D eigenvalue weighted by Gasteiger charge is 2.36. The number of nitriles is 1. The number of carbonyl (C=O) groups is 2. The molecule has 10 nitrogen and oxygen atoms in total. The van der Waals surface area contributed by atoms with E-state index >= 15 is 0 Å². The minimum Gasteiger partial charge on any atom is -0.444 e. The lowest BCUT2D eigenvalue weighted by molar-refractivity contribution is 0.0130. The number of hydrogen-bond donors (Lipinski definition) is 0. The van der Waals surface area contributed by atoms with Gasteiger partial charge in [0.05, 0.1) is 17.0 Å². The first-order valence-electron chi connectivity index (χ1n) is 11.1. The molecule has 4 heterocycles. The Hall–Kier alpha value is -4.00. The maximum absolute atomic E-state index is 12.7. The maximum atomic E-state index is 12.7. The smallest absolute Gasteiger partial charge is 0.410 e. The fourth-order valence-electron chi connectivity index (χ4n) is 4.17. The number of amides is 1. The molecule has 0 N–H and O–H groups in total. The Bertz CT molecular complexity index is 1290. The predicted octanol–water partition coefficient (Wildman–Crippen LogP) is 3.33. The van der Waals surface area contributed by atoms with Crippen molar-refractivity contribution in [1.29, 1.82) is 5.26 Å². The highest BCUT2D eigenvalue weighted by atomic mass is 16.6. The number of carbonyl (C=O) groups excluding carboxylic acids is 2. The molecule has 0 unspecified atom stereocenters. The second kappa shape index (κ2) is 8.74. The molecule has 0 spiro atoms. The fourth-order valence-corrected chi connectivity index (χ4v) is 4.17. The number of rotatable bonds is 3. The van der Waals surface area contributed by atoms with Gasteiger partial charge >= 0.3 is 6.09 Å². The second-order valence-electron chi connectivity index (χ2n) is 9.47. The first kappa shape index (κ1) is 23.2. The molecule has 0 aliphatic carbocycles. The van der Waals surface area contributed by atoms with Crippen molar-refractivity contribution in [2.75, 3.05) is 18.0 Å². The Labute approximate surface area is 197 Å². The van der Waals surface area contributed by atoms with Crippen LogP contribution >= 0.6 is 0 Å². The molecule has 0 bridgehead atoms. The molecule has 3 aromatic rings. The van der Waals surface area contributed by atoms with Gasteiger partial charge in [-0.05, 0) is 46.8 Å². The van der Waals surface area contributed by atoms with Gasteiger partial charge in [0.25, 0.3) is 0 Å². The monoisotopic (exact) mass is 461 g/mol. The number of aromatic nitrogens is 4. The largest absolute Gasteiger partial charge is 0.444 e. The van der Waals surface area contributed by atoms with Crippen molar-refractivity contribution in [3.63, 3.8) is 0 Å². The number of aldehydes is 1. The molecule has 1 aliphatic heterocycles. The summed E-state index contributed by atoms with van der Waals surface area (Å²) in [7, 11) is 0. The third-order valence-corrected chi connectivity index (χ3v) is 5.73. The van der Waals surface area contributed by atoms with Crippen LogP contribution in [0.5, 0.6) is 0 Å². The topological polar surface area (TPSA) is 117 Å². The van der Waals surface area contributed by atoms with Gasteiger partial charge in [-0.15, -0.1) is 0 Å². The lowest BCUT2D eigenvalue weighted by Gasteiger charge is -2.44. The van der Waals surface area contributed by atoms with Crippen molar-refractivity contribution in [2.24, 2.45) is 0 Å². The van der Waals surface area contributed by atoms with Crippen LogP contribution in [0.2, 0.25) is 0 Å². The van der Waals surface area contributed by atoms with Crippen LogP contribution in [0.25, 0.3) is 16.9 Å². The van der Waals surface area contributed by atoms with Gasteiger partial charge < -0.3 is 14.5 Å². The van der Waals surface area contributed by atoms with Crippen LogP contribution in [-0.2, 0) is 4.74 Å². The molecule has 4 rings (SSSR count). The molecule has 3 aromatic heterocycles. The van der Waals surface area contributed by atoms with Gasteiger partial charge in [0.15, 0.2) is 11.9 Å². The van der Waals surface area contributed by atoms with E-state index in [4.69, 9.17) is 4.74 Å². The SMILES string of the molecule is C[C@@H]1CN(c2ncnc3c2c(C=O)cn3-c2cc(C#N)ccn2)[C@@H](C)CN1C(=O)OC(C)(C)C. The normalized spacial score (nSPS) is 18.6. The number of fused-ring (bicyclic) bond motifs is 1. The Kier molecular flexibility index (Phi) is 5.96. The van der Waals surface area contributed by atoms with Gasteiger partial charge in [-0.1, -0.05) is 0 Å². The Morgan fingerprint density at radius 1 is 1.21 bits per heavy atom. The van der Waals surface area contributed by atoms with E-state index in [2.05, 4.69) is 25.9 Å². The molecule has 10 heteroatoms. The van der Waals surface area contributed by atoms with Crippen molar-refractivity contribution in [2.45, 2.75) is 52.3 Å². The fraction of sp³-hybridized carbons (Fsp3) is 0.417. The quantitative estimate of drug-likeness (QED) is 0.545. The standard InChI is InChI=1S/C24H27N7O3/c1-15-11-30(23(33)34-24(3,4)5)16(2)10-29(15)21-20-18(13-32)12-31(22(20)28-14-27-21)19-8-17(9-25)6-7-26-19/h6-8,12-16H,10-11H2,1-5H3/t15-,16+/m0/s1. The summed E-state index contributed by atoms with van der Waals surface area (Å²) in [5, 5.41) is 9.86. The van der Waals surface area contributed by atoms with Gasteiger partial charge in [0.2, 0.25) is 0 Å². The molecule has 176 valence electrons. The third kappa shape index (κ3) is 4.29. The van der Waals surface area contributed by atoms with Gasteiger partial charge in [-0.25, -0.2) is 19.7 Å². The Balaban J connectivity index is 1.73. The predicted molar refractivity (Wildman–Crippen MR) is 126 cm³/mol. The van der Waals surface area contributed by atoms with E-state index in [1.54, 1.807) is 34.0 Å². The van der Waals surface area contributed by atoms with E-state index in [0.717, 1.165) is 6.29 Å². The van der Waals surface area contributed by atoms with Crippen LogP contribution < -0.4 is 4.90 Å². The molecule has 1 amide bonds. The van der Waals surface area contributed by atoms with Gasteiger partial charge in [0, 0.05) is 43.1 Å². The number of pyridine rings is 1. The highest BCUT2D eigenvalue weighted by Crippen LogP contribution is 2.32. The van der Waals surface area contributed by atoms with Crippen molar-refractivity contribution in [3.8, 4) is 11.9 Å². The molecular formula is C24H27N7O3. The summed E-state index contributed by atoms with van der Waals surface area (Å²) in [4.78, 5) is 41.9. The zero-order valence-corrected chi connectivity index (χ0v) is 19.9. The summed E-state index contributed by atoms with van der Waals surface area (Å²) in [6.07, 6.45) is 5.08. The van der Waals surface area contributed by atoms with Crippen molar-refractivity contribution in [3.05, 3.63) is 42.0 Å². The average Bonchev–Trinajstić information content (AvgIpc) is 3.18. The van der Waals surface area contributed by atoms with Gasteiger partial charge in [-0.2, -0.15) is 5.26 Å². The lowest BCUT2D eigenvalue weighted by atomic mass is 10.1. The van der Waals surface area contributed by atoms with Crippen LogP contribution in [0.15, 0.2) is 30.9 Å². The molecule has 34 heavy (non-hydrogen) atoms. The molecule has 2 atom stereocenters. The zero-order chi connectivity index (χ0) is 24.6. The molecule has 0 aromatic carbocycles. The van der Waals surface area contributed by atoms with Crippen LogP contribution in [0.3, 0.4) is 0 Å². The van der Waals surface area contributed by atoms with E-state index in [9.17, 15) is 14.9 Å². The zero-order valence-electron chi connectivity index (χ0n) is 19.9. The van der Waals surface area contributed by atoms with Crippen LogP contribution in [0, 0.1) is 11.3 Å². The summed E-state index contributed by atoms with van der Waals surface area (Å²) in [6, 6.07) is 5.14. The molecule has 1 saturated heterocycles. The third-order valence-electron chi connectivity index (χ3n) is 5.73. The van der Waals surface area contributed by atoms with E-state index in [1.807, 2.05) is 34.6 Å². The van der Waals surface area contributed by atoms with Crippen molar-refractivity contribution >= 4 is 29.2 Å². The number of nitrogens with zero attached hydrogens (tertiary/aromatic N) is 7. The van der Waals surface area contributed by atoms with Crippen LogP contribution in [-0.4, -0.2) is 67.6 Å². The maximum Gasteiger partial charge on any atom is 0.410 e. The summed E-state index contributed by atoms with van der Waals surface area (Å²) in [5.41, 5.74) is 0.817. The lowest BCUT2D eigenvalue weighted by Crippen LogP contribution is -2.59. The van der Waals surface area contributed by atoms with E-state index < -0.39 is 5.60 Å². The molecule has 0 saturated carbocycles. The molecule has 0 radical (unpaired) electrons. The number of anilines is 1. The van der Waals surface area contributed by atoms with Gasteiger partial charge in [0.1, 0.15) is 23.6 Å². The highest BCUT2D eigenvalue weighted by molar-refractivity contribution is 6.03. The minimum atomic E-state index is -0.575. The van der Waals surface area contributed by atoms with Gasteiger partial charge in [-0.3, -0.25) is 9.36 Å². The summed E-state index contributed by atoms with van der Waals surface area (Å²) >= 11 is 0.